The van der Waals surface area contributed by atoms with E-state index >= 15 is 0 Å². The van der Waals surface area contributed by atoms with E-state index < -0.39 is 6.10 Å². The summed E-state index contributed by atoms with van der Waals surface area (Å²) in [7, 11) is 0. The topological polar surface area (TPSA) is 62.9 Å². The Bertz CT molecular complexity index is 844. The zero-order chi connectivity index (χ0) is 18.1. The van der Waals surface area contributed by atoms with Crippen molar-refractivity contribution in [2.45, 2.75) is 57.6 Å². The molecule has 0 unspecified atom stereocenters. The van der Waals surface area contributed by atoms with Gasteiger partial charge in [0.2, 0.25) is 0 Å². The van der Waals surface area contributed by atoms with Crippen LogP contribution in [-0.2, 0) is 12.8 Å². The van der Waals surface area contributed by atoms with Crippen molar-refractivity contribution in [1.29, 1.82) is 0 Å². The van der Waals surface area contributed by atoms with Gasteiger partial charge in [-0.25, -0.2) is 4.79 Å². The Morgan fingerprint density at radius 3 is 2.96 bits per heavy atom. The summed E-state index contributed by atoms with van der Waals surface area (Å²) >= 11 is 0. The number of piperidine rings is 1. The van der Waals surface area contributed by atoms with Gasteiger partial charge >= 0.3 is 5.63 Å². The number of fused-ring (bicyclic) bond motifs is 3. The number of nitrogens with zero attached hydrogens (tertiary/aromatic N) is 1. The van der Waals surface area contributed by atoms with E-state index in [1.54, 1.807) is 6.07 Å². The molecule has 2 aromatic rings. The third kappa shape index (κ3) is 3.51. The predicted molar refractivity (Wildman–Crippen MR) is 101 cm³/mol. The van der Waals surface area contributed by atoms with Crippen LogP contribution < -0.4 is 10.4 Å². The molecule has 5 heteroatoms. The Kier molecular flexibility index (Phi) is 5.00. The number of likely N-dealkylation sites (tertiary alicyclic amines) is 1. The Morgan fingerprint density at radius 2 is 2.12 bits per heavy atom. The van der Waals surface area contributed by atoms with Crippen molar-refractivity contribution in [2.24, 2.45) is 0 Å². The standard InChI is InChI=1S/C21H27NO4/c1-14-5-2-3-10-22(14)12-15(23)13-25-16-8-9-18-17-6-4-7-19(17)21(24)26-20(18)11-16/h8-9,11,14-15,23H,2-7,10,12-13H2,1H3/t14-,15-/m1/s1. The first-order valence-corrected chi connectivity index (χ1v) is 9.75. The van der Waals surface area contributed by atoms with Crippen molar-refractivity contribution in [3.05, 3.63) is 39.7 Å². The van der Waals surface area contributed by atoms with Gasteiger partial charge in [-0.1, -0.05) is 6.42 Å². The first-order chi connectivity index (χ1) is 12.6. The Hall–Kier alpha value is -1.85. The van der Waals surface area contributed by atoms with Crippen LogP contribution >= 0.6 is 0 Å². The molecule has 2 atom stereocenters. The zero-order valence-electron chi connectivity index (χ0n) is 15.4. The van der Waals surface area contributed by atoms with Gasteiger partial charge in [0.15, 0.2) is 0 Å². The Morgan fingerprint density at radius 1 is 1.27 bits per heavy atom. The highest BCUT2D eigenvalue weighted by Crippen LogP contribution is 2.29. The predicted octanol–water partition coefficient (Wildman–Crippen LogP) is 2.90. The third-order valence-corrected chi connectivity index (χ3v) is 5.77. The molecule has 1 aromatic heterocycles. The fourth-order valence-corrected chi connectivity index (χ4v) is 4.30. The number of aliphatic hydroxyl groups excluding tert-OH is 1. The molecular formula is C21H27NO4. The summed E-state index contributed by atoms with van der Waals surface area (Å²) in [4.78, 5) is 14.4. The number of hydrogen-bond acceptors (Lipinski definition) is 5. The van der Waals surface area contributed by atoms with E-state index in [2.05, 4.69) is 11.8 Å². The number of aryl methyl sites for hydroxylation is 1. The Balaban J connectivity index is 1.43. The fourth-order valence-electron chi connectivity index (χ4n) is 4.30. The summed E-state index contributed by atoms with van der Waals surface area (Å²) in [5.74, 6) is 0.629. The van der Waals surface area contributed by atoms with Gasteiger partial charge in [0, 0.05) is 29.6 Å². The van der Waals surface area contributed by atoms with Gasteiger partial charge < -0.3 is 14.3 Å². The van der Waals surface area contributed by atoms with Crippen LogP contribution in [0.15, 0.2) is 27.4 Å². The molecule has 4 rings (SSSR count). The zero-order valence-corrected chi connectivity index (χ0v) is 15.4. The lowest BCUT2D eigenvalue weighted by Gasteiger charge is -2.34. The minimum Gasteiger partial charge on any atom is -0.491 e. The second kappa shape index (κ2) is 7.41. The lowest BCUT2D eigenvalue weighted by Crippen LogP contribution is -2.43. The lowest BCUT2D eigenvalue weighted by molar-refractivity contribution is 0.0438. The summed E-state index contributed by atoms with van der Waals surface area (Å²) in [6.45, 7) is 4.14. The molecule has 1 aliphatic carbocycles. The van der Waals surface area contributed by atoms with E-state index in [9.17, 15) is 9.90 Å². The first-order valence-electron chi connectivity index (χ1n) is 9.75. The number of ether oxygens (including phenoxy) is 1. The molecule has 0 radical (unpaired) electrons. The number of aliphatic hydroxyl groups is 1. The van der Waals surface area contributed by atoms with Gasteiger partial charge in [-0.2, -0.15) is 0 Å². The van der Waals surface area contributed by atoms with E-state index in [0.717, 1.165) is 42.3 Å². The monoisotopic (exact) mass is 357 g/mol. The highest BCUT2D eigenvalue weighted by Gasteiger charge is 2.22. The van der Waals surface area contributed by atoms with E-state index in [1.807, 2.05) is 12.1 Å². The van der Waals surface area contributed by atoms with E-state index in [1.165, 1.54) is 19.3 Å². The average Bonchev–Trinajstić information content (AvgIpc) is 3.12. The van der Waals surface area contributed by atoms with Gasteiger partial charge in [0.05, 0.1) is 0 Å². The molecule has 5 nitrogen and oxygen atoms in total. The molecule has 1 N–H and O–H groups in total. The molecule has 1 aliphatic heterocycles. The minimum absolute atomic E-state index is 0.221. The molecule has 0 amide bonds. The maximum atomic E-state index is 12.1. The normalized spacial score (nSPS) is 21.7. The number of β-amino-alcohol motifs (C(OH)–C–C–N with tert-alkyl or cyclic N) is 1. The van der Waals surface area contributed by atoms with Crippen LogP contribution in [0.2, 0.25) is 0 Å². The van der Waals surface area contributed by atoms with Gasteiger partial charge in [0.1, 0.15) is 24.0 Å². The number of benzene rings is 1. The molecule has 0 saturated carbocycles. The van der Waals surface area contributed by atoms with Crippen LogP contribution in [0.3, 0.4) is 0 Å². The average molecular weight is 357 g/mol. The largest absolute Gasteiger partial charge is 0.491 e. The summed E-state index contributed by atoms with van der Waals surface area (Å²) in [5, 5.41) is 11.3. The van der Waals surface area contributed by atoms with E-state index in [-0.39, 0.29) is 12.2 Å². The maximum Gasteiger partial charge on any atom is 0.339 e. The smallest absolute Gasteiger partial charge is 0.339 e. The van der Waals surface area contributed by atoms with E-state index in [0.29, 0.717) is 23.9 Å². The van der Waals surface area contributed by atoms with Crippen molar-refractivity contribution in [1.82, 2.24) is 4.90 Å². The summed E-state index contributed by atoms with van der Waals surface area (Å²) in [6, 6.07) is 6.16. The molecule has 26 heavy (non-hydrogen) atoms. The second-order valence-electron chi connectivity index (χ2n) is 7.66. The lowest BCUT2D eigenvalue weighted by atomic mass is 10.0. The maximum absolute atomic E-state index is 12.1. The van der Waals surface area contributed by atoms with Gasteiger partial charge in [-0.3, -0.25) is 4.90 Å². The number of rotatable bonds is 5. The molecular weight excluding hydrogens is 330 g/mol. The van der Waals surface area contributed by atoms with Crippen LogP contribution in [0.5, 0.6) is 5.75 Å². The SMILES string of the molecule is C[C@@H]1CCCCN1C[C@@H](O)COc1ccc2c3c(c(=O)oc2c1)CCC3. The van der Waals surface area contributed by atoms with Gasteiger partial charge in [-0.15, -0.1) is 0 Å². The Labute approximate surface area is 153 Å². The molecule has 2 heterocycles. The van der Waals surface area contributed by atoms with Crippen molar-refractivity contribution in [3.63, 3.8) is 0 Å². The van der Waals surface area contributed by atoms with Crippen molar-refractivity contribution < 1.29 is 14.3 Å². The van der Waals surface area contributed by atoms with Gasteiger partial charge in [-0.05, 0) is 63.3 Å². The third-order valence-electron chi connectivity index (χ3n) is 5.77. The quantitative estimate of drug-likeness (QED) is 0.834. The van der Waals surface area contributed by atoms with E-state index in [4.69, 9.17) is 9.15 Å². The highest BCUT2D eigenvalue weighted by molar-refractivity contribution is 5.83. The van der Waals surface area contributed by atoms with Crippen LogP contribution in [-0.4, -0.2) is 41.8 Å². The summed E-state index contributed by atoms with van der Waals surface area (Å²) in [5.41, 5.74) is 2.31. The number of hydrogen-bond donors (Lipinski definition) is 1. The van der Waals surface area contributed by atoms with Crippen molar-refractivity contribution >= 4 is 11.0 Å². The molecule has 1 fully saturated rings. The molecule has 0 bridgehead atoms. The second-order valence-corrected chi connectivity index (χ2v) is 7.66. The van der Waals surface area contributed by atoms with Crippen LogP contribution in [0, 0.1) is 0 Å². The summed E-state index contributed by atoms with van der Waals surface area (Å²) in [6.07, 6.45) is 5.90. The first kappa shape index (κ1) is 17.6. The highest BCUT2D eigenvalue weighted by atomic mass is 16.5. The molecule has 2 aliphatic rings. The van der Waals surface area contributed by atoms with Crippen LogP contribution in [0.25, 0.3) is 11.0 Å². The van der Waals surface area contributed by atoms with Crippen molar-refractivity contribution in [2.75, 3.05) is 19.7 Å². The summed E-state index contributed by atoms with van der Waals surface area (Å²) < 4.78 is 11.3. The molecule has 0 spiro atoms. The van der Waals surface area contributed by atoms with Gasteiger partial charge in [0.25, 0.3) is 0 Å². The van der Waals surface area contributed by atoms with Crippen LogP contribution in [0.1, 0.15) is 43.7 Å². The van der Waals surface area contributed by atoms with Crippen molar-refractivity contribution in [3.8, 4) is 5.75 Å². The molecule has 1 aromatic carbocycles. The fraction of sp³-hybridized carbons (Fsp3) is 0.571. The van der Waals surface area contributed by atoms with Crippen LogP contribution in [0.4, 0.5) is 0 Å². The minimum atomic E-state index is -0.529. The molecule has 1 saturated heterocycles. The molecule has 140 valence electrons.